The predicted molar refractivity (Wildman–Crippen MR) is 82.2 cm³/mol. The van der Waals surface area contributed by atoms with Gasteiger partial charge in [-0.15, -0.1) is 11.8 Å². The third kappa shape index (κ3) is 4.46. The zero-order valence-corrected chi connectivity index (χ0v) is 12.6. The Kier molecular flexibility index (Phi) is 4.56. The summed E-state index contributed by atoms with van der Waals surface area (Å²) in [6, 6.07) is 8.98. The molecule has 3 N–H and O–H groups in total. The maximum absolute atomic E-state index is 11.9. The monoisotopic (exact) mass is 312 g/mol. The Balaban J connectivity index is 1.86. The highest BCUT2D eigenvalue weighted by Gasteiger charge is 2.12. The van der Waals surface area contributed by atoms with Crippen molar-refractivity contribution in [1.82, 2.24) is 9.78 Å². The van der Waals surface area contributed by atoms with Crippen LogP contribution in [0.5, 0.6) is 0 Å². The van der Waals surface area contributed by atoms with Gasteiger partial charge >= 0.3 is 0 Å². The van der Waals surface area contributed by atoms with Gasteiger partial charge in [0.1, 0.15) is 0 Å². The number of nitrogens with zero attached hydrogens (tertiary/aromatic N) is 2. The molecular weight excluding hydrogens is 296 g/mol. The Morgan fingerprint density at radius 2 is 2.20 bits per heavy atom. The molecule has 8 heteroatoms. The molecule has 0 bridgehead atoms. The second-order valence-corrected chi connectivity index (χ2v) is 7.23. The largest absolute Gasteiger partial charge is 0.399 e. The van der Waals surface area contributed by atoms with Gasteiger partial charge in [0.2, 0.25) is 10.0 Å². The van der Waals surface area contributed by atoms with Gasteiger partial charge in [0, 0.05) is 35.6 Å². The van der Waals surface area contributed by atoms with E-state index < -0.39 is 10.0 Å². The molecule has 0 aliphatic heterocycles. The SMILES string of the molecule is Cn1ccc(NS(=O)(=O)CCSc2cccc(N)c2)n1. The van der Waals surface area contributed by atoms with Crippen LogP contribution in [-0.2, 0) is 17.1 Å². The normalized spacial score (nSPS) is 11.4. The highest BCUT2D eigenvalue weighted by atomic mass is 32.2. The Hall–Kier alpha value is -1.67. The maximum atomic E-state index is 11.9. The number of benzene rings is 1. The van der Waals surface area contributed by atoms with Crippen molar-refractivity contribution >= 4 is 33.3 Å². The molecule has 0 unspecified atom stereocenters. The zero-order valence-electron chi connectivity index (χ0n) is 11.0. The van der Waals surface area contributed by atoms with Crippen LogP contribution in [0.4, 0.5) is 11.5 Å². The average Bonchev–Trinajstić information content (AvgIpc) is 2.73. The summed E-state index contributed by atoms with van der Waals surface area (Å²) >= 11 is 1.45. The molecule has 0 spiro atoms. The number of rotatable bonds is 6. The molecule has 0 aliphatic carbocycles. The first kappa shape index (κ1) is 14.7. The molecule has 0 radical (unpaired) electrons. The van der Waals surface area contributed by atoms with Crippen molar-refractivity contribution in [1.29, 1.82) is 0 Å². The second kappa shape index (κ2) is 6.19. The van der Waals surface area contributed by atoms with E-state index in [1.807, 2.05) is 18.2 Å². The summed E-state index contributed by atoms with van der Waals surface area (Å²) in [7, 11) is -1.65. The standard InChI is InChI=1S/C12H16N4O2S2/c1-16-6-5-12(14-16)15-20(17,18)8-7-19-11-4-2-3-10(13)9-11/h2-6,9H,7-8,13H2,1H3,(H,14,15). The first-order valence-electron chi connectivity index (χ1n) is 5.93. The van der Waals surface area contributed by atoms with E-state index in [2.05, 4.69) is 9.82 Å². The predicted octanol–water partition coefficient (Wildman–Crippen LogP) is 1.54. The van der Waals surface area contributed by atoms with Crippen molar-refractivity contribution in [3.8, 4) is 0 Å². The van der Waals surface area contributed by atoms with Crippen molar-refractivity contribution in [2.45, 2.75) is 4.90 Å². The van der Waals surface area contributed by atoms with Gasteiger partial charge in [-0.1, -0.05) is 6.07 Å². The Morgan fingerprint density at radius 1 is 1.40 bits per heavy atom. The Morgan fingerprint density at radius 3 is 2.85 bits per heavy atom. The molecule has 1 heterocycles. The molecule has 2 rings (SSSR count). The van der Waals surface area contributed by atoms with Crippen molar-refractivity contribution in [2.24, 2.45) is 7.05 Å². The maximum Gasteiger partial charge on any atom is 0.234 e. The summed E-state index contributed by atoms with van der Waals surface area (Å²) in [6.07, 6.45) is 1.68. The molecule has 0 saturated carbocycles. The topological polar surface area (TPSA) is 90.0 Å². The van der Waals surface area contributed by atoms with Gasteiger partial charge in [-0.05, 0) is 18.2 Å². The lowest BCUT2D eigenvalue weighted by Crippen LogP contribution is -2.18. The van der Waals surface area contributed by atoms with E-state index >= 15 is 0 Å². The van der Waals surface area contributed by atoms with Gasteiger partial charge in [-0.3, -0.25) is 9.40 Å². The van der Waals surface area contributed by atoms with E-state index in [0.29, 0.717) is 17.3 Å². The van der Waals surface area contributed by atoms with Gasteiger partial charge in [-0.2, -0.15) is 5.10 Å². The van der Waals surface area contributed by atoms with Crippen LogP contribution in [0, 0.1) is 0 Å². The molecule has 2 aromatic rings. The van der Waals surface area contributed by atoms with Crippen LogP contribution < -0.4 is 10.5 Å². The third-order valence-corrected chi connectivity index (χ3v) is 4.97. The quantitative estimate of drug-likeness (QED) is 0.624. The number of nitrogens with one attached hydrogen (secondary N) is 1. The molecule has 1 aromatic carbocycles. The van der Waals surface area contributed by atoms with Crippen molar-refractivity contribution < 1.29 is 8.42 Å². The number of hydrogen-bond acceptors (Lipinski definition) is 5. The van der Waals surface area contributed by atoms with Crippen LogP contribution in [0.2, 0.25) is 0 Å². The van der Waals surface area contributed by atoms with Crippen molar-refractivity contribution in [3.05, 3.63) is 36.5 Å². The summed E-state index contributed by atoms with van der Waals surface area (Å²) in [5.41, 5.74) is 6.34. The van der Waals surface area contributed by atoms with Crippen LogP contribution >= 0.6 is 11.8 Å². The van der Waals surface area contributed by atoms with Crippen LogP contribution in [0.1, 0.15) is 0 Å². The molecule has 0 aliphatic rings. The molecule has 6 nitrogen and oxygen atoms in total. The van der Waals surface area contributed by atoms with Crippen molar-refractivity contribution in [2.75, 3.05) is 22.0 Å². The Labute approximate surface area is 122 Å². The lowest BCUT2D eigenvalue weighted by Gasteiger charge is -2.05. The number of thioether (sulfide) groups is 1. The number of sulfonamides is 1. The molecule has 1 aromatic heterocycles. The smallest absolute Gasteiger partial charge is 0.234 e. The molecule has 0 fully saturated rings. The number of hydrogen-bond donors (Lipinski definition) is 2. The molecule has 0 saturated heterocycles. The van der Waals surface area contributed by atoms with Gasteiger partial charge in [0.15, 0.2) is 5.82 Å². The minimum atomic E-state index is -3.38. The highest BCUT2D eigenvalue weighted by Crippen LogP contribution is 2.20. The number of nitrogens with two attached hydrogens (primary N) is 1. The zero-order chi connectivity index (χ0) is 14.6. The number of aryl methyl sites for hydroxylation is 1. The van der Waals surface area contributed by atoms with Crippen LogP contribution in [0.15, 0.2) is 41.4 Å². The average molecular weight is 312 g/mol. The van der Waals surface area contributed by atoms with Gasteiger partial charge in [0.25, 0.3) is 0 Å². The van der Waals surface area contributed by atoms with E-state index in [0.717, 1.165) is 4.90 Å². The lowest BCUT2D eigenvalue weighted by molar-refractivity contribution is 0.602. The summed E-state index contributed by atoms with van der Waals surface area (Å²) in [5.74, 6) is 0.802. The van der Waals surface area contributed by atoms with Gasteiger partial charge in [-0.25, -0.2) is 8.42 Å². The van der Waals surface area contributed by atoms with E-state index in [9.17, 15) is 8.42 Å². The molecule has 0 atom stereocenters. The fourth-order valence-electron chi connectivity index (χ4n) is 1.55. The Bertz CT molecular complexity index is 682. The second-order valence-electron chi connectivity index (χ2n) is 4.22. The van der Waals surface area contributed by atoms with E-state index in [1.54, 1.807) is 30.1 Å². The van der Waals surface area contributed by atoms with Crippen LogP contribution in [0.25, 0.3) is 0 Å². The van der Waals surface area contributed by atoms with Crippen LogP contribution in [0.3, 0.4) is 0 Å². The fourth-order valence-corrected chi connectivity index (χ4v) is 3.92. The number of anilines is 2. The third-order valence-electron chi connectivity index (χ3n) is 2.45. The van der Waals surface area contributed by atoms with E-state index in [1.165, 1.54) is 11.8 Å². The minimum Gasteiger partial charge on any atom is -0.399 e. The van der Waals surface area contributed by atoms with Crippen molar-refractivity contribution in [3.63, 3.8) is 0 Å². The minimum absolute atomic E-state index is 0.0169. The lowest BCUT2D eigenvalue weighted by atomic mass is 10.3. The summed E-state index contributed by atoms with van der Waals surface area (Å²) in [5, 5.41) is 3.98. The number of aromatic nitrogens is 2. The number of nitrogen functional groups attached to an aromatic ring is 1. The molecule has 20 heavy (non-hydrogen) atoms. The highest BCUT2D eigenvalue weighted by molar-refractivity contribution is 8.01. The van der Waals surface area contributed by atoms with Gasteiger partial charge < -0.3 is 5.73 Å². The fraction of sp³-hybridized carbons (Fsp3) is 0.250. The summed E-state index contributed by atoms with van der Waals surface area (Å²) in [6.45, 7) is 0. The first-order chi connectivity index (χ1) is 9.44. The molecule has 0 amide bonds. The molecule has 108 valence electrons. The summed E-state index contributed by atoms with van der Waals surface area (Å²) < 4.78 is 27.7. The molecular formula is C12H16N4O2S2. The first-order valence-corrected chi connectivity index (χ1v) is 8.57. The van der Waals surface area contributed by atoms with Gasteiger partial charge in [0.05, 0.1) is 5.75 Å². The van der Waals surface area contributed by atoms with E-state index in [-0.39, 0.29) is 5.75 Å². The summed E-state index contributed by atoms with van der Waals surface area (Å²) in [4.78, 5) is 0.957. The van der Waals surface area contributed by atoms with E-state index in [4.69, 9.17) is 5.73 Å². The van der Waals surface area contributed by atoms with Crippen LogP contribution in [-0.4, -0.2) is 29.7 Å².